The quantitative estimate of drug-likeness (QED) is 0.754. The van der Waals surface area contributed by atoms with Gasteiger partial charge in [-0.2, -0.15) is 0 Å². The third-order valence-corrected chi connectivity index (χ3v) is 2.87. The van der Waals surface area contributed by atoms with Crippen molar-refractivity contribution in [1.82, 2.24) is 4.90 Å². The smallest absolute Gasteiger partial charge is 0.104 e. The van der Waals surface area contributed by atoms with Crippen LogP contribution < -0.4 is 5.73 Å². The first-order valence-electron chi connectivity index (χ1n) is 5.75. The maximum atomic E-state index is 9.24. The Morgan fingerprint density at radius 2 is 2.12 bits per heavy atom. The van der Waals surface area contributed by atoms with E-state index in [0.29, 0.717) is 4.99 Å². The zero-order chi connectivity index (χ0) is 12.8. The average Bonchev–Trinajstić information content (AvgIpc) is 2.27. The topological polar surface area (TPSA) is 49.5 Å². The highest BCUT2D eigenvalue weighted by atomic mass is 32.1. The van der Waals surface area contributed by atoms with Gasteiger partial charge in [-0.05, 0) is 26.0 Å². The summed E-state index contributed by atoms with van der Waals surface area (Å²) in [6, 6.07) is 7.90. The van der Waals surface area contributed by atoms with Crippen molar-refractivity contribution in [2.24, 2.45) is 5.73 Å². The fraction of sp³-hybridized carbons (Fsp3) is 0.462. The molecule has 0 aromatic heterocycles. The van der Waals surface area contributed by atoms with Gasteiger partial charge >= 0.3 is 0 Å². The molecule has 0 fully saturated rings. The Morgan fingerprint density at radius 3 is 2.71 bits per heavy atom. The summed E-state index contributed by atoms with van der Waals surface area (Å²) < 4.78 is 0. The van der Waals surface area contributed by atoms with Crippen LogP contribution in [-0.4, -0.2) is 34.7 Å². The van der Waals surface area contributed by atoms with E-state index in [4.69, 9.17) is 18.0 Å². The minimum atomic E-state index is -0.261. The van der Waals surface area contributed by atoms with Crippen LogP contribution in [0.25, 0.3) is 0 Å². The van der Waals surface area contributed by atoms with Crippen molar-refractivity contribution in [3.05, 3.63) is 35.4 Å². The van der Waals surface area contributed by atoms with Crippen LogP contribution in [0.15, 0.2) is 24.3 Å². The lowest BCUT2D eigenvalue weighted by atomic mass is 10.1. The number of hydrogen-bond donors (Lipinski definition) is 2. The molecule has 0 aliphatic carbocycles. The van der Waals surface area contributed by atoms with Crippen molar-refractivity contribution < 1.29 is 5.11 Å². The summed E-state index contributed by atoms with van der Waals surface area (Å²) in [7, 11) is 2.03. The maximum Gasteiger partial charge on any atom is 0.104 e. The van der Waals surface area contributed by atoms with E-state index in [9.17, 15) is 5.11 Å². The standard InChI is InChI=1S/C13H20N2OS/c1-10(16)7-8-15(2)9-11-5-3-4-6-12(11)13(14)17/h3-6,10,16H,7-9H2,1-2H3,(H2,14,17). The van der Waals surface area contributed by atoms with Crippen molar-refractivity contribution in [3.8, 4) is 0 Å². The highest BCUT2D eigenvalue weighted by Crippen LogP contribution is 2.11. The first kappa shape index (κ1) is 14.1. The summed E-state index contributed by atoms with van der Waals surface area (Å²) in [5.74, 6) is 0. The molecule has 1 aromatic carbocycles. The number of hydrogen-bond acceptors (Lipinski definition) is 3. The van der Waals surface area contributed by atoms with Gasteiger partial charge in [-0.1, -0.05) is 36.5 Å². The number of nitrogens with two attached hydrogens (primary N) is 1. The fourth-order valence-corrected chi connectivity index (χ4v) is 1.87. The molecule has 0 radical (unpaired) electrons. The number of aliphatic hydroxyl groups excluding tert-OH is 1. The molecule has 94 valence electrons. The third-order valence-electron chi connectivity index (χ3n) is 2.65. The van der Waals surface area contributed by atoms with Gasteiger partial charge in [-0.15, -0.1) is 0 Å². The third kappa shape index (κ3) is 4.81. The largest absolute Gasteiger partial charge is 0.393 e. The summed E-state index contributed by atoms with van der Waals surface area (Å²) in [6.07, 6.45) is 0.509. The van der Waals surface area contributed by atoms with Gasteiger partial charge in [0.05, 0.1) is 6.10 Å². The molecule has 4 heteroatoms. The first-order chi connectivity index (χ1) is 8.00. The number of aliphatic hydroxyl groups is 1. The predicted octanol–water partition coefficient (Wildman–Crippen LogP) is 1.52. The molecule has 1 rings (SSSR count). The molecule has 1 unspecified atom stereocenters. The van der Waals surface area contributed by atoms with Gasteiger partial charge in [0.25, 0.3) is 0 Å². The molecule has 1 aromatic rings. The molecule has 1 atom stereocenters. The van der Waals surface area contributed by atoms with Crippen LogP contribution in [0.4, 0.5) is 0 Å². The number of benzene rings is 1. The van der Waals surface area contributed by atoms with Gasteiger partial charge in [-0.3, -0.25) is 0 Å². The lowest BCUT2D eigenvalue weighted by molar-refractivity contribution is 0.163. The zero-order valence-electron chi connectivity index (χ0n) is 10.4. The van der Waals surface area contributed by atoms with E-state index in [1.54, 1.807) is 6.92 Å². The first-order valence-corrected chi connectivity index (χ1v) is 6.16. The summed E-state index contributed by atoms with van der Waals surface area (Å²) in [5.41, 5.74) is 7.75. The molecule has 0 spiro atoms. The number of nitrogens with zero attached hydrogens (tertiary/aromatic N) is 1. The predicted molar refractivity (Wildman–Crippen MR) is 75.0 cm³/mol. The van der Waals surface area contributed by atoms with E-state index in [-0.39, 0.29) is 6.10 Å². The molecule has 17 heavy (non-hydrogen) atoms. The molecule has 0 saturated heterocycles. The Labute approximate surface area is 108 Å². The molecular weight excluding hydrogens is 232 g/mol. The Kier molecular flexibility index (Phi) is 5.55. The Bertz CT molecular complexity index is 379. The Hall–Kier alpha value is -0.970. The lowest BCUT2D eigenvalue weighted by Gasteiger charge is -2.19. The van der Waals surface area contributed by atoms with Crippen molar-refractivity contribution >= 4 is 17.2 Å². The summed E-state index contributed by atoms with van der Waals surface area (Å²) in [4.78, 5) is 2.59. The Balaban J connectivity index is 2.64. The molecule has 0 aliphatic heterocycles. The van der Waals surface area contributed by atoms with Gasteiger partial charge in [0, 0.05) is 18.7 Å². The second kappa shape index (κ2) is 6.69. The zero-order valence-corrected chi connectivity index (χ0v) is 11.2. The van der Waals surface area contributed by atoms with Crippen LogP contribution in [-0.2, 0) is 6.54 Å². The van der Waals surface area contributed by atoms with E-state index >= 15 is 0 Å². The van der Waals surface area contributed by atoms with Crippen molar-refractivity contribution in [1.29, 1.82) is 0 Å². The molecule has 3 N–H and O–H groups in total. The minimum absolute atomic E-state index is 0.261. The van der Waals surface area contributed by atoms with E-state index in [0.717, 1.165) is 30.6 Å². The van der Waals surface area contributed by atoms with Crippen LogP contribution >= 0.6 is 12.2 Å². The summed E-state index contributed by atoms with van der Waals surface area (Å²) in [6.45, 7) is 3.44. The van der Waals surface area contributed by atoms with Gasteiger partial charge in [-0.25, -0.2) is 0 Å². The van der Waals surface area contributed by atoms with Crippen LogP contribution in [0, 0.1) is 0 Å². The number of rotatable bonds is 6. The molecular formula is C13H20N2OS. The second-order valence-corrected chi connectivity index (χ2v) is 4.84. The molecule has 3 nitrogen and oxygen atoms in total. The van der Waals surface area contributed by atoms with Crippen LogP contribution in [0.5, 0.6) is 0 Å². The van der Waals surface area contributed by atoms with E-state index < -0.39 is 0 Å². The van der Waals surface area contributed by atoms with Crippen molar-refractivity contribution in [2.45, 2.75) is 26.0 Å². The summed E-state index contributed by atoms with van der Waals surface area (Å²) in [5, 5.41) is 9.24. The molecule has 0 amide bonds. The van der Waals surface area contributed by atoms with E-state index in [1.165, 1.54) is 0 Å². The highest BCUT2D eigenvalue weighted by molar-refractivity contribution is 7.80. The molecule has 0 aliphatic rings. The van der Waals surface area contributed by atoms with E-state index in [2.05, 4.69) is 4.90 Å². The van der Waals surface area contributed by atoms with Crippen molar-refractivity contribution in [3.63, 3.8) is 0 Å². The second-order valence-electron chi connectivity index (χ2n) is 4.40. The van der Waals surface area contributed by atoms with Gasteiger partial charge in [0.2, 0.25) is 0 Å². The maximum absolute atomic E-state index is 9.24. The van der Waals surface area contributed by atoms with Crippen LogP contribution in [0.2, 0.25) is 0 Å². The van der Waals surface area contributed by atoms with Gasteiger partial charge in [0.15, 0.2) is 0 Å². The number of thiocarbonyl (C=S) groups is 1. The minimum Gasteiger partial charge on any atom is -0.393 e. The normalized spacial score (nSPS) is 12.7. The van der Waals surface area contributed by atoms with Crippen LogP contribution in [0.1, 0.15) is 24.5 Å². The Morgan fingerprint density at radius 1 is 1.47 bits per heavy atom. The summed E-state index contributed by atoms with van der Waals surface area (Å²) >= 11 is 5.03. The van der Waals surface area contributed by atoms with Crippen LogP contribution in [0.3, 0.4) is 0 Å². The van der Waals surface area contributed by atoms with E-state index in [1.807, 2.05) is 31.3 Å². The fourth-order valence-electron chi connectivity index (χ4n) is 1.68. The average molecular weight is 252 g/mol. The highest BCUT2D eigenvalue weighted by Gasteiger charge is 2.07. The van der Waals surface area contributed by atoms with Gasteiger partial charge < -0.3 is 15.7 Å². The van der Waals surface area contributed by atoms with Gasteiger partial charge in [0.1, 0.15) is 4.99 Å². The molecule has 0 bridgehead atoms. The monoisotopic (exact) mass is 252 g/mol. The van der Waals surface area contributed by atoms with Crippen molar-refractivity contribution in [2.75, 3.05) is 13.6 Å². The molecule has 0 heterocycles. The molecule has 0 saturated carbocycles. The lowest BCUT2D eigenvalue weighted by Crippen LogP contribution is -2.24. The SMILES string of the molecule is CC(O)CCN(C)Cc1ccccc1C(N)=S.